The van der Waals surface area contributed by atoms with Gasteiger partial charge in [0.15, 0.2) is 0 Å². The number of anilines is 2. The van der Waals surface area contributed by atoms with Gasteiger partial charge in [-0.2, -0.15) is 0 Å². The summed E-state index contributed by atoms with van der Waals surface area (Å²) in [6, 6.07) is 7.63. The Morgan fingerprint density at radius 1 is 1.24 bits per heavy atom. The molecule has 88 valence electrons. The summed E-state index contributed by atoms with van der Waals surface area (Å²) < 4.78 is 0. The maximum absolute atomic E-state index is 5.27. The highest BCUT2D eigenvalue weighted by Gasteiger charge is 1.98. The SMILES string of the molecule is Cc1cccc(CNc2cc(NN)ncn2)n1. The van der Waals surface area contributed by atoms with Crippen LogP contribution in [0.15, 0.2) is 30.6 Å². The molecule has 0 aliphatic heterocycles. The normalized spacial score (nSPS) is 10.0. The molecular formula is C11H14N6. The summed E-state index contributed by atoms with van der Waals surface area (Å²) in [7, 11) is 0. The highest BCUT2D eigenvalue weighted by atomic mass is 15.3. The Morgan fingerprint density at radius 2 is 2.06 bits per heavy atom. The van der Waals surface area contributed by atoms with Crippen LogP contribution in [0.5, 0.6) is 0 Å². The van der Waals surface area contributed by atoms with Crippen LogP contribution in [0, 0.1) is 6.92 Å². The smallest absolute Gasteiger partial charge is 0.145 e. The number of hydrogen-bond donors (Lipinski definition) is 3. The van der Waals surface area contributed by atoms with Crippen LogP contribution < -0.4 is 16.6 Å². The Hall–Kier alpha value is -2.21. The van der Waals surface area contributed by atoms with Crippen molar-refractivity contribution in [3.8, 4) is 0 Å². The van der Waals surface area contributed by atoms with Gasteiger partial charge in [0, 0.05) is 11.8 Å². The summed E-state index contributed by atoms with van der Waals surface area (Å²) >= 11 is 0. The standard InChI is InChI=1S/C11H14N6/c1-8-3-2-4-9(16-8)6-13-10-5-11(17-12)15-7-14-10/h2-5,7H,6,12H2,1H3,(H2,13,14,15,17). The second-order valence-corrected chi connectivity index (χ2v) is 3.56. The van der Waals surface area contributed by atoms with E-state index in [1.54, 1.807) is 6.07 Å². The Kier molecular flexibility index (Phi) is 3.46. The molecule has 6 nitrogen and oxygen atoms in total. The molecule has 0 aliphatic rings. The van der Waals surface area contributed by atoms with Crippen LogP contribution >= 0.6 is 0 Å². The number of aryl methyl sites for hydroxylation is 1. The molecule has 6 heteroatoms. The van der Waals surface area contributed by atoms with Gasteiger partial charge < -0.3 is 10.7 Å². The summed E-state index contributed by atoms with van der Waals surface area (Å²) in [4.78, 5) is 12.4. The van der Waals surface area contributed by atoms with E-state index in [1.807, 2.05) is 25.1 Å². The molecule has 4 N–H and O–H groups in total. The van der Waals surface area contributed by atoms with Gasteiger partial charge >= 0.3 is 0 Å². The quantitative estimate of drug-likeness (QED) is 0.538. The van der Waals surface area contributed by atoms with E-state index >= 15 is 0 Å². The predicted octanol–water partition coefficient (Wildman–Crippen LogP) is 1.08. The molecule has 0 aliphatic carbocycles. The Morgan fingerprint density at radius 3 is 2.82 bits per heavy atom. The number of rotatable bonds is 4. The van der Waals surface area contributed by atoms with Crippen molar-refractivity contribution in [2.45, 2.75) is 13.5 Å². The number of pyridine rings is 1. The number of hydrogen-bond acceptors (Lipinski definition) is 6. The number of nitrogens with two attached hydrogens (primary N) is 1. The van der Waals surface area contributed by atoms with Gasteiger partial charge in [-0.3, -0.25) is 4.98 Å². The van der Waals surface area contributed by atoms with Crippen LogP contribution in [-0.4, -0.2) is 15.0 Å². The van der Waals surface area contributed by atoms with Crippen molar-refractivity contribution in [2.75, 3.05) is 10.7 Å². The molecule has 0 amide bonds. The molecule has 0 radical (unpaired) electrons. The van der Waals surface area contributed by atoms with Gasteiger partial charge in [-0.05, 0) is 19.1 Å². The van der Waals surface area contributed by atoms with Crippen LogP contribution in [0.4, 0.5) is 11.6 Å². The van der Waals surface area contributed by atoms with E-state index in [0.29, 0.717) is 18.2 Å². The number of hydrazine groups is 1. The van der Waals surface area contributed by atoms with E-state index in [-0.39, 0.29) is 0 Å². The van der Waals surface area contributed by atoms with Gasteiger partial charge in [-0.1, -0.05) is 6.07 Å². The molecule has 2 heterocycles. The number of nitrogens with zero attached hydrogens (tertiary/aromatic N) is 3. The van der Waals surface area contributed by atoms with E-state index in [0.717, 1.165) is 11.4 Å². The van der Waals surface area contributed by atoms with Crippen molar-refractivity contribution >= 4 is 11.6 Å². The molecule has 2 rings (SSSR count). The first kappa shape index (κ1) is 11.3. The second-order valence-electron chi connectivity index (χ2n) is 3.56. The Balaban J connectivity index is 2.02. The fourth-order valence-electron chi connectivity index (χ4n) is 1.41. The lowest BCUT2D eigenvalue weighted by molar-refractivity contribution is 0.997. The monoisotopic (exact) mass is 230 g/mol. The zero-order chi connectivity index (χ0) is 12.1. The average molecular weight is 230 g/mol. The minimum atomic E-state index is 0.569. The van der Waals surface area contributed by atoms with E-state index in [9.17, 15) is 0 Å². The van der Waals surface area contributed by atoms with Crippen molar-refractivity contribution in [1.29, 1.82) is 0 Å². The van der Waals surface area contributed by atoms with Gasteiger partial charge in [-0.25, -0.2) is 15.8 Å². The lowest BCUT2D eigenvalue weighted by atomic mass is 10.3. The molecule has 0 aromatic carbocycles. The molecule has 0 bridgehead atoms. The van der Waals surface area contributed by atoms with E-state index in [2.05, 4.69) is 25.7 Å². The molecular weight excluding hydrogens is 216 g/mol. The maximum atomic E-state index is 5.27. The van der Waals surface area contributed by atoms with Crippen molar-refractivity contribution in [2.24, 2.45) is 5.84 Å². The minimum Gasteiger partial charge on any atom is -0.364 e. The van der Waals surface area contributed by atoms with Gasteiger partial charge in [0.1, 0.15) is 18.0 Å². The first-order valence-electron chi connectivity index (χ1n) is 5.23. The van der Waals surface area contributed by atoms with Crippen molar-refractivity contribution < 1.29 is 0 Å². The number of nitrogen functional groups attached to an aromatic ring is 1. The van der Waals surface area contributed by atoms with Crippen LogP contribution in [0.25, 0.3) is 0 Å². The topological polar surface area (TPSA) is 88.8 Å². The maximum Gasteiger partial charge on any atom is 0.145 e. The highest BCUT2D eigenvalue weighted by Crippen LogP contribution is 2.08. The average Bonchev–Trinajstić information content (AvgIpc) is 2.37. The minimum absolute atomic E-state index is 0.569. The predicted molar refractivity (Wildman–Crippen MR) is 66.1 cm³/mol. The molecule has 0 saturated heterocycles. The van der Waals surface area contributed by atoms with Crippen LogP contribution in [0.3, 0.4) is 0 Å². The lowest BCUT2D eigenvalue weighted by Gasteiger charge is -2.06. The zero-order valence-corrected chi connectivity index (χ0v) is 9.51. The second kappa shape index (κ2) is 5.22. The van der Waals surface area contributed by atoms with Crippen molar-refractivity contribution in [3.63, 3.8) is 0 Å². The summed E-state index contributed by atoms with van der Waals surface area (Å²) in [6.07, 6.45) is 1.45. The molecule has 0 atom stereocenters. The zero-order valence-electron chi connectivity index (χ0n) is 9.51. The summed E-state index contributed by atoms with van der Waals surface area (Å²) in [5.41, 5.74) is 4.43. The van der Waals surface area contributed by atoms with Gasteiger partial charge in [0.05, 0.1) is 12.2 Å². The fourth-order valence-corrected chi connectivity index (χ4v) is 1.41. The van der Waals surface area contributed by atoms with Crippen LogP contribution in [-0.2, 0) is 6.54 Å². The largest absolute Gasteiger partial charge is 0.364 e. The molecule has 0 saturated carbocycles. The number of aromatic nitrogens is 3. The van der Waals surface area contributed by atoms with Crippen molar-refractivity contribution in [3.05, 3.63) is 42.0 Å². The first-order valence-corrected chi connectivity index (χ1v) is 5.23. The third kappa shape index (κ3) is 3.12. The molecule has 2 aromatic heterocycles. The molecule has 17 heavy (non-hydrogen) atoms. The summed E-state index contributed by atoms with van der Waals surface area (Å²) in [5.74, 6) is 6.54. The van der Waals surface area contributed by atoms with Gasteiger partial charge in [0.25, 0.3) is 0 Å². The van der Waals surface area contributed by atoms with E-state index in [1.165, 1.54) is 6.33 Å². The summed E-state index contributed by atoms with van der Waals surface area (Å²) in [6.45, 7) is 2.58. The van der Waals surface area contributed by atoms with Crippen LogP contribution in [0.1, 0.15) is 11.4 Å². The molecule has 2 aromatic rings. The molecule has 0 fully saturated rings. The molecule has 0 spiro atoms. The van der Waals surface area contributed by atoms with Gasteiger partial charge in [0.2, 0.25) is 0 Å². The lowest BCUT2D eigenvalue weighted by Crippen LogP contribution is -2.10. The summed E-state index contributed by atoms with van der Waals surface area (Å²) in [5, 5.41) is 3.15. The van der Waals surface area contributed by atoms with E-state index in [4.69, 9.17) is 5.84 Å². The molecule has 0 unspecified atom stereocenters. The van der Waals surface area contributed by atoms with E-state index < -0.39 is 0 Å². The highest BCUT2D eigenvalue weighted by molar-refractivity contribution is 5.45. The van der Waals surface area contributed by atoms with Gasteiger partial charge in [-0.15, -0.1) is 0 Å². The number of nitrogens with one attached hydrogen (secondary N) is 2. The first-order chi connectivity index (χ1) is 8.28. The Bertz CT molecular complexity index is 499. The third-order valence-electron chi connectivity index (χ3n) is 2.21. The third-order valence-corrected chi connectivity index (χ3v) is 2.21. The fraction of sp³-hybridized carbons (Fsp3) is 0.182. The van der Waals surface area contributed by atoms with Crippen molar-refractivity contribution in [1.82, 2.24) is 15.0 Å². The Labute approximate surface area is 99.3 Å². The van der Waals surface area contributed by atoms with Crippen LogP contribution in [0.2, 0.25) is 0 Å².